The Hall–Kier alpha value is -2.97. The first kappa shape index (κ1) is 21.7. The number of nitrogens with one attached hydrogen (secondary N) is 2. The van der Waals surface area contributed by atoms with Crippen molar-refractivity contribution in [2.45, 2.75) is 49.9 Å². The molecule has 0 unspecified atom stereocenters. The van der Waals surface area contributed by atoms with Crippen molar-refractivity contribution in [3.8, 4) is 5.75 Å². The van der Waals surface area contributed by atoms with Crippen LogP contribution >= 0.6 is 0 Å². The zero-order valence-electron chi connectivity index (χ0n) is 16.4. The third-order valence-electron chi connectivity index (χ3n) is 5.23. The molecule has 1 aromatic heterocycles. The number of furan rings is 1. The van der Waals surface area contributed by atoms with Gasteiger partial charge >= 0.3 is 6.18 Å². The number of ether oxygens (including phenoxy) is 1. The van der Waals surface area contributed by atoms with E-state index < -0.39 is 23.7 Å². The normalized spacial score (nSPS) is 19.9. The van der Waals surface area contributed by atoms with Gasteiger partial charge in [0.2, 0.25) is 11.8 Å². The van der Waals surface area contributed by atoms with Crippen LogP contribution < -0.4 is 15.4 Å². The highest BCUT2D eigenvalue weighted by atomic mass is 19.4. The Labute approximate surface area is 171 Å². The Morgan fingerprint density at radius 2 is 2.03 bits per heavy atom. The number of alkyl halides is 3. The van der Waals surface area contributed by atoms with E-state index in [9.17, 15) is 22.8 Å². The van der Waals surface area contributed by atoms with Gasteiger partial charge in [-0.15, -0.1) is 0 Å². The van der Waals surface area contributed by atoms with Gasteiger partial charge in [0.15, 0.2) is 6.04 Å². The third kappa shape index (κ3) is 5.34. The highest BCUT2D eigenvalue weighted by Gasteiger charge is 2.44. The molecule has 1 saturated heterocycles. The molecule has 6 nitrogen and oxygen atoms in total. The lowest BCUT2D eigenvalue weighted by Gasteiger charge is -2.30. The Morgan fingerprint density at radius 3 is 2.57 bits per heavy atom. The van der Waals surface area contributed by atoms with E-state index in [-0.39, 0.29) is 24.5 Å². The molecule has 30 heavy (non-hydrogen) atoms. The van der Waals surface area contributed by atoms with Crippen LogP contribution in [0, 0.1) is 0 Å². The zero-order valence-corrected chi connectivity index (χ0v) is 16.4. The number of methoxy groups -OCH3 is 1. The maximum atomic E-state index is 13.3. The summed E-state index contributed by atoms with van der Waals surface area (Å²) in [5.41, 5.74) is 0.253. The Morgan fingerprint density at radius 1 is 1.30 bits per heavy atom. The summed E-state index contributed by atoms with van der Waals surface area (Å²) in [6.45, 7) is 0. The van der Waals surface area contributed by atoms with Gasteiger partial charge in [-0.2, -0.15) is 13.2 Å². The van der Waals surface area contributed by atoms with Crippen LogP contribution in [0.2, 0.25) is 0 Å². The molecule has 162 valence electrons. The predicted molar refractivity (Wildman–Crippen MR) is 102 cm³/mol. The molecule has 1 aliphatic heterocycles. The second-order valence-corrected chi connectivity index (χ2v) is 7.41. The van der Waals surface area contributed by atoms with E-state index in [0.717, 1.165) is 11.8 Å². The molecule has 2 N–H and O–H groups in total. The minimum Gasteiger partial charge on any atom is -0.497 e. The summed E-state index contributed by atoms with van der Waals surface area (Å²) in [5, 5.41) is 4.92. The van der Waals surface area contributed by atoms with Crippen LogP contribution in [0.5, 0.6) is 5.75 Å². The Bertz CT molecular complexity index is 865. The highest BCUT2D eigenvalue weighted by Crippen LogP contribution is 2.34. The zero-order chi connectivity index (χ0) is 21.8. The largest absolute Gasteiger partial charge is 0.497 e. The molecule has 0 saturated carbocycles. The molecule has 2 heterocycles. The first-order valence-corrected chi connectivity index (χ1v) is 9.54. The standard InChI is InChI=1S/C21H23F3N2O4/c1-29-15-6-4-14(5-7-15)13-20(11-9-18(28)26-20)10-8-17(27)25-19(21(22,23)24)16-3-2-12-30-16/h2-7,12,19H,8-11,13H2,1H3,(H,25,27)(H,26,28)/t19-,20-/m0/s1. The number of rotatable bonds is 8. The van der Waals surface area contributed by atoms with Gasteiger partial charge in [-0.1, -0.05) is 12.1 Å². The maximum Gasteiger partial charge on any atom is 0.415 e. The SMILES string of the molecule is COc1ccc(C[C@]2(CCC(=O)N[C@@H](c3ccco3)C(F)(F)F)CCC(=O)N2)cc1. The number of halogens is 3. The third-order valence-corrected chi connectivity index (χ3v) is 5.23. The number of hydrogen-bond acceptors (Lipinski definition) is 4. The molecule has 9 heteroatoms. The van der Waals surface area contributed by atoms with Gasteiger partial charge in [-0.25, -0.2) is 0 Å². The number of benzene rings is 1. The lowest BCUT2D eigenvalue weighted by Crippen LogP contribution is -2.45. The van der Waals surface area contributed by atoms with E-state index in [1.165, 1.54) is 12.1 Å². The number of carbonyl (C=O) groups is 2. The molecule has 0 bridgehead atoms. The van der Waals surface area contributed by atoms with Crippen molar-refractivity contribution in [2.75, 3.05) is 7.11 Å². The molecule has 1 fully saturated rings. The fourth-order valence-corrected chi connectivity index (χ4v) is 3.67. The van der Waals surface area contributed by atoms with Gasteiger partial charge < -0.3 is 19.8 Å². The molecule has 1 aliphatic rings. The fraction of sp³-hybridized carbons (Fsp3) is 0.429. The average molecular weight is 424 g/mol. The molecule has 1 aromatic carbocycles. The molecule has 2 amide bonds. The van der Waals surface area contributed by atoms with Gasteiger partial charge in [0.1, 0.15) is 11.5 Å². The Kier molecular flexibility index (Phi) is 6.38. The van der Waals surface area contributed by atoms with E-state index >= 15 is 0 Å². The molecule has 0 aliphatic carbocycles. The van der Waals surface area contributed by atoms with Crippen molar-refractivity contribution in [1.82, 2.24) is 10.6 Å². The van der Waals surface area contributed by atoms with E-state index in [4.69, 9.17) is 9.15 Å². The second kappa shape index (κ2) is 8.81. The summed E-state index contributed by atoms with van der Waals surface area (Å²) >= 11 is 0. The monoisotopic (exact) mass is 424 g/mol. The van der Waals surface area contributed by atoms with Crippen LogP contribution in [0.3, 0.4) is 0 Å². The smallest absolute Gasteiger partial charge is 0.415 e. The van der Waals surface area contributed by atoms with E-state index in [2.05, 4.69) is 5.32 Å². The molecular formula is C21H23F3N2O4. The van der Waals surface area contributed by atoms with Crippen LogP contribution in [0.4, 0.5) is 13.2 Å². The van der Waals surface area contributed by atoms with Crippen molar-refractivity contribution in [3.63, 3.8) is 0 Å². The molecular weight excluding hydrogens is 401 g/mol. The summed E-state index contributed by atoms with van der Waals surface area (Å²) in [5.74, 6) is -0.576. The van der Waals surface area contributed by atoms with Crippen molar-refractivity contribution < 1.29 is 31.9 Å². The lowest BCUT2D eigenvalue weighted by atomic mass is 9.85. The maximum absolute atomic E-state index is 13.3. The highest BCUT2D eigenvalue weighted by molar-refractivity contribution is 5.80. The lowest BCUT2D eigenvalue weighted by molar-refractivity contribution is -0.166. The van der Waals surface area contributed by atoms with Gasteiger partial charge in [-0.05, 0) is 49.1 Å². The number of hydrogen-bond donors (Lipinski definition) is 2. The quantitative estimate of drug-likeness (QED) is 0.678. The van der Waals surface area contributed by atoms with Crippen molar-refractivity contribution in [2.24, 2.45) is 0 Å². The molecule has 0 radical (unpaired) electrons. The molecule has 0 spiro atoms. The minimum atomic E-state index is -4.68. The van der Waals surface area contributed by atoms with Gasteiger partial charge in [-0.3, -0.25) is 9.59 Å². The van der Waals surface area contributed by atoms with Gasteiger partial charge in [0.05, 0.1) is 13.4 Å². The number of carbonyl (C=O) groups excluding carboxylic acids is 2. The van der Waals surface area contributed by atoms with Crippen LogP contribution in [-0.2, 0) is 16.0 Å². The second-order valence-electron chi connectivity index (χ2n) is 7.41. The number of amides is 2. The fourth-order valence-electron chi connectivity index (χ4n) is 3.67. The van der Waals surface area contributed by atoms with Crippen LogP contribution in [0.15, 0.2) is 47.1 Å². The predicted octanol–water partition coefficient (Wildman–Crippen LogP) is 3.68. The topological polar surface area (TPSA) is 80.6 Å². The molecule has 2 aromatic rings. The average Bonchev–Trinajstić information content (AvgIpc) is 3.35. The first-order chi connectivity index (χ1) is 14.2. The van der Waals surface area contributed by atoms with Crippen molar-refractivity contribution in [3.05, 3.63) is 54.0 Å². The van der Waals surface area contributed by atoms with Crippen LogP contribution in [-0.4, -0.2) is 30.6 Å². The molecule has 2 atom stereocenters. The van der Waals surface area contributed by atoms with E-state index in [0.29, 0.717) is 25.0 Å². The summed E-state index contributed by atoms with van der Waals surface area (Å²) in [4.78, 5) is 24.2. The summed E-state index contributed by atoms with van der Waals surface area (Å²) in [7, 11) is 1.56. The van der Waals surface area contributed by atoms with Crippen molar-refractivity contribution in [1.29, 1.82) is 0 Å². The van der Waals surface area contributed by atoms with Gasteiger partial charge in [0, 0.05) is 18.4 Å². The van der Waals surface area contributed by atoms with Crippen molar-refractivity contribution >= 4 is 11.8 Å². The summed E-state index contributed by atoms with van der Waals surface area (Å²) in [6, 6.07) is 7.60. The summed E-state index contributed by atoms with van der Waals surface area (Å²) < 4.78 is 49.9. The first-order valence-electron chi connectivity index (χ1n) is 9.54. The minimum absolute atomic E-state index is 0.132. The summed E-state index contributed by atoms with van der Waals surface area (Å²) in [6.07, 6.45) is -2.21. The van der Waals surface area contributed by atoms with E-state index in [1.807, 2.05) is 17.4 Å². The molecule has 3 rings (SSSR count). The van der Waals surface area contributed by atoms with Crippen LogP contribution in [0.1, 0.15) is 43.0 Å². The Balaban J connectivity index is 1.66. The van der Waals surface area contributed by atoms with Gasteiger partial charge in [0.25, 0.3) is 0 Å². The van der Waals surface area contributed by atoms with Crippen LogP contribution in [0.25, 0.3) is 0 Å². The van der Waals surface area contributed by atoms with E-state index in [1.54, 1.807) is 19.2 Å².